The van der Waals surface area contributed by atoms with Crippen LogP contribution in [-0.4, -0.2) is 17.1 Å². The Labute approximate surface area is 124 Å². The average molecular weight is 310 g/mol. The summed E-state index contributed by atoms with van der Waals surface area (Å²) >= 11 is 0. The standard InChI is InChI=1S/C15H13F3N2O2/c16-15(17,18)8-12(10-4-2-1-3-5-10)20-14(22)11-6-7-13(21)19-9-11/h1-7,9,12H,8H2,(H,19,21)(H,20,22). The van der Waals surface area contributed by atoms with Gasteiger partial charge in [-0.25, -0.2) is 0 Å². The van der Waals surface area contributed by atoms with Crippen molar-refractivity contribution >= 4 is 5.91 Å². The van der Waals surface area contributed by atoms with Gasteiger partial charge >= 0.3 is 6.18 Å². The Morgan fingerprint density at radius 1 is 1.14 bits per heavy atom. The van der Waals surface area contributed by atoms with Crippen LogP contribution in [0.2, 0.25) is 0 Å². The molecule has 7 heteroatoms. The van der Waals surface area contributed by atoms with E-state index in [4.69, 9.17) is 0 Å². The van der Waals surface area contributed by atoms with Gasteiger partial charge in [0.15, 0.2) is 0 Å². The maximum Gasteiger partial charge on any atom is 0.391 e. The van der Waals surface area contributed by atoms with Gasteiger partial charge in [-0.2, -0.15) is 13.2 Å². The minimum absolute atomic E-state index is 0.0858. The lowest BCUT2D eigenvalue weighted by Gasteiger charge is -2.20. The van der Waals surface area contributed by atoms with Crippen LogP contribution in [0.15, 0.2) is 53.5 Å². The molecule has 2 rings (SSSR count). The lowest BCUT2D eigenvalue weighted by Crippen LogP contribution is -2.32. The number of amides is 1. The van der Waals surface area contributed by atoms with Crippen LogP contribution in [0.4, 0.5) is 13.2 Å². The molecule has 116 valence electrons. The number of hydrogen-bond acceptors (Lipinski definition) is 2. The second-order valence-corrected chi connectivity index (χ2v) is 4.70. The summed E-state index contributed by atoms with van der Waals surface area (Å²) in [6.07, 6.45) is -4.43. The number of H-pyrrole nitrogens is 1. The highest BCUT2D eigenvalue weighted by atomic mass is 19.4. The van der Waals surface area contributed by atoms with E-state index in [1.54, 1.807) is 18.2 Å². The molecule has 0 spiro atoms. The number of aromatic nitrogens is 1. The van der Waals surface area contributed by atoms with Gasteiger partial charge in [-0.3, -0.25) is 9.59 Å². The highest BCUT2D eigenvalue weighted by Gasteiger charge is 2.33. The molecule has 0 bridgehead atoms. The molecule has 2 N–H and O–H groups in total. The van der Waals surface area contributed by atoms with Crippen molar-refractivity contribution in [1.82, 2.24) is 10.3 Å². The molecule has 0 aliphatic carbocycles. The molecule has 0 radical (unpaired) electrons. The Hall–Kier alpha value is -2.57. The van der Waals surface area contributed by atoms with Crippen molar-refractivity contribution in [3.8, 4) is 0 Å². The normalized spacial score (nSPS) is 12.7. The van der Waals surface area contributed by atoms with E-state index in [1.807, 2.05) is 0 Å². The van der Waals surface area contributed by atoms with E-state index >= 15 is 0 Å². The largest absolute Gasteiger partial charge is 0.391 e. The summed E-state index contributed by atoms with van der Waals surface area (Å²) in [5, 5.41) is 2.34. The first-order chi connectivity index (χ1) is 10.3. The highest BCUT2D eigenvalue weighted by Crippen LogP contribution is 2.29. The zero-order chi connectivity index (χ0) is 16.2. The van der Waals surface area contributed by atoms with Gasteiger partial charge in [0, 0.05) is 12.3 Å². The van der Waals surface area contributed by atoms with Gasteiger partial charge in [0.1, 0.15) is 0 Å². The SMILES string of the molecule is O=C(NC(CC(F)(F)F)c1ccccc1)c1ccc(=O)[nH]c1. The number of pyridine rings is 1. The molecule has 0 aliphatic rings. The molecule has 1 aromatic carbocycles. The number of hydrogen-bond donors (Lipinski definition) is 2. The Balaban J connectivity index is 2.21. The first-order valence-electron chi connectivity index (χ1n) is 6.46. The monoisotopic (exact) mass is 310 g/mol. The van der Waals surface area contributed by atoms with Gasteiger partial charge in [0.05, 0.1) is 18.0 Å². The van der Waals surface area contributed by atoms with Crippen LogP contribution in [0, 0.1) is 0 Å². The number of aromatic amines is 1. The summed E-state index contributed by atoms with van der Waals surface area (Å²) in [6, 6.07) is 9.11. The van der Waals surface area contributed by atoms with Gasteiger partial charge in [0.25, 0.3) is 5.91 Å². The van der Waals surface area contributed by atoms with E-state index < -0.39 is 30.1 Å². The van der Waals surface area contributed by atoms with Gasteiger partial charge in [-0.15, -0.1) is 0 Å². The molecule has 1 unspecified atom stereocenters. The Kier molecular flexibility index (Phi) is 4.65. The maximum atomic E-state index is 12.7. The first kappa shape index (κ1) is 15.8. The Morgan fingerprint density at radius 3 is 2.36 bits per heavy atom. The molecule has 2 aromatic rings. The predicted molar refractivity (Wildman–Crippen MR) is 74.4 cm³/mol. The van der Waals surface area contributed by atoms with Crippen molar-refractivity contribution in [1.29, 1.82) is 0 Å². The molecule has 0 saturated heterocycles. The van der Waals surface area contributed by atoms with Crippen molar-refractivity contribution in [2.24, 2.45) is 0 Å². The molecular weight excluding hydrogens is 297 g/mol. The first-order valence-corrected chi connectivity index (χ1v) is 6.46. The zero-order valence-electron chi connectivity index (χ0n) is 11.4. The summed E-state index contributed by atoms with van der Waals surface area (Å²) in [5.74, 6) is -0.686. The summed E-state index contributed by atoms with van der Waals surface area (Å²) in [4.78, 5) is 25.3. The van der Waals surface area contributed by atoms with Crippen LogP contribution < -0.4 is 10.9 Å². The third kappa shape index (κ3) is 4.47. The van der Waals surface area contributed by atoms with E-state index in [1.165, 1.54) is 18.2 Å². The number of carbonyl (C=O) groups is 1. The van der Waals surface area contributed by atoms with Gasteiger partial charge in [-0.1, -0.05) is 30.3 Å². The molecule has 1 aromatic heterocycles. The lowest BCUT2D eigenvalue weighted by molar-refractivity contribution is -0.139. The molecule has 1 atom stereocenters. The number of rotatable bonds is 4. The summed E-state index contributed by atoms with van der Waals surface area (Å²) in [5.41, 5.74) is 0.0479. The van der Waals surface area contributed by atoms with Gasteiger partial charge in [-0.05, 0) is 11.6 Å². The fourth-order valence-electron chi connectivity index (χ4n) is 1.96. The third-order valence-electron chi connectivity index (χ3n) is 2.99. The second kappa shape index (κ2) is 6.46. The van der Waals surface area contributed by atoms with Crippen molar-refractivity contribution in [2.45, 2.75) is 18.6 Å². The number of carbonyl (C=O) groups excluding carboxylic acids is 1. The topological polar surface area (TPSA) is 62.0 Å². The van der Waals surface area contributed by atoms with Crippen LogP contribution in [0.3, 0.4) is 0 Å². The lowest BCUT2D eigenvalue weighted by atomic mass is 10.0. The minimum Gasteiger partial charge on any atom is -0.345 e. The number of alkyl halides is 3. The second-order valence-electron chi connectivity index (χ2n) is 4.70. The fraction of sp³-hybridized carbons (Fsp3) is 0.200. The molecule has 0 fully saturated rings. The minimum atomic E-state index is -4.42. The van der Waals surface area contributed by atoms with Crippen molar-refractivity contribution in [3.63, 3.8) is 0 Å². The molecule has 4 nitrogen and oxygen atoms in total. The van der Waals surface area contributed by atoms with Crippen LogP contribution in [0.5, 0.6) is 0 Å². The van der Waals surface area contributed by atoms with Gasteiger partial charge in [0.2, 0.25) is 5.56 Å². The van der Waals surface area contributed by atoms with E-state index in [0.29, 0.717) is 5.56 Å². The maximum absolute atomic E-state index is 12.7. The molecular formula is C15H13F3N2O2. The summed E-state index contributed by atoms with van der Waals surface area (Å²) < 4.78 is 38.1. The quantitative estimate of drug-likeness (QED) is 0.912. The van der Waals surface area contributed by atoms with Crippen molar-refractivity contribution in [3.05, 3.63) is 70.1 Å². The van der Waals surface area contributed by atoms with Crippen molar-refractivity contribution < 1.29 is 18.0 Å². The summed E-state index contributed by atoms with van der Waals surface area (Å²) in [7, 11) is 0. The number of halogens is 3. The zero-order valence-corrected chi connectivity index (χ0v) is 11.4. The molecule has 0 aliphatic heterocycles. The van der Waals surface area contributed by atoms with E-state index in [-0.39, 0.29) is 5.56 Å². The van der Waals surface area contributed by atoms with Crippen LogP contribution >= 0.6 is 0 Å². The number of benzene rings is 1. The molecule has 1 amide bonds. The van der Waals surface area contributed by atoms with Gasteiger partial charge < -0.3 is 10.3 Å². The van der Waals surface area contributed by atoms with Crippen molar-refractivity contribution in [2.75, 3.05) is 0 Å². The van der Waals surface area contributed by atoms with Crippen LogP contribution in [0.1, 0.15) is 28.4 Å². The fourth-order valence-corrected chi connectivity index (χ4v) is 1.96. The Bertz CT molecular complexity index is 675. The summed E-state index contributed by atoms with van der Waals surface area (Å²) in [6.45, 7) is 0. The Morgan fingerprint density at radius 2 is 1.82 bits per heavy atom. The number of nitrogens with one attached hydrogen (secondary N) is 2. The van der Waals surface area contributed by atoms with Crippen LogP contribution in [0.25, 0.3) is 0 Å². The van der Waals surface area contributed by atoms with E-state index in [9.17, 15) is 22.8 Å². The highest BCUT2D eigenvalue weighted by molar-refractivity contribution is 5.94. The third-order valence-corrected chi connectivity index (χ3v) is 2.99. The smallest absolute Gasteiger partial charge is 0.345 e. The average Bonchev–Trinajstić information content (AvgIpc) is 2.47. The van der Waals surface area contributed by atoms with Crippen LogP contribution in [-0.2, 0) is 0 Å². The predicted octanol–water partition coefficient (Wildman–Crippen LogP) is 2.80. The molecule has 22 heavy (non-hydrogen) atoms. The van der Waals surface area contributed by atoms with E-state index in [0.717, 1.165) is 12.3 Å². The van der Waals surface area contributed by atoms with E-state index in [2.05, 4.69) is 10.3 Å². The molecule has 0 saturated carbocycles. The molecule has 1 heterocycles.